The molecule has 1 amide bonds. The van der Waals surface area contributed by atoms with Crippen molar-refractivity contribution in [2.45, 2.75) is 32.4 Å². The maximum atomic E-state index is 11.7. The molecule has 0 aliphatic heterocycles. The average Bonchev–Trinajstić information content (AvgIpc) is 2.20. The van der Waals surface area contributed by atoms with E-state index in [9.17, 15) is 13.2 Å². The standard InChI is InChI=1S/C11H24N2O3S/c1-6-12-7-9(2)10(14)13-8-11(3,4)17(5,15)16/h9,12H,6-8H2,1-5H3,(H,13,14). The van der Waals surface area contributed by atoms with E-state index in [1.807, 2.05) is 13.8 Å². The maximum Gasteiger partial charge on any atom is 0.224 e. The minimum absolute atomic E-state index is 0.123. The summed E-state index contributed by atoms with van der Waals surface area (Å²) in [6.45, 7) is 8.55. The van der Waals surface area contributed by atoms with Crippen LogP contribution < -0.4 is 10.6 Å². The van der Waals surface area contributed by atoms with Crippen LogP contribution >= 0.6 is 0 Å². The molecule has 0 aromatic heterocycles. The van der Waals surface area contributed by atoms with Gasteiger partial charge in [-0.25, -0.2) is 8.42 Å². The Kier molecular flexibility index (Phi) is 6.12. The van der Waals surface area contributed by atoms with Gasteiger partial charge in [0.25, 0.3) is 0 Å². The Labute approximate surface area is 104 Å². The molecule has 0 saturated carbocycles. The summed E-state index contributed by atoms with van der Waals surface area (Å²) in [5.41, 5.74) is 0. The predicted molar refractivity (Wildman–Crippen MR) is 69.6 cm³/mol. The Morgan fingerprint density at radius 2 is 1.88 bits per heavy atom. The van der Waals surface area contributed by atoms with Gasteiger partial charge in [-0.15, -0.1) is 0 Å². The van der Waals surface area contributed by atoms with E-state index < -0.39 is 14.6 Å². The molecule has 0 aromatic carbocycles. The van der Waals surface area contributed by atoms with E-state index in [0.29, 0.717) is 6.54 Å². The van der Waals surface area contributed by atoms with Crippen molar-refractivity contribution in [3.8, 4) is 0 Å². The van der Waals surface area contributed by atoms with Crippen LogP contribution in [-0.2, 0) is 14.6 Å². The van der Waals surface area contributed by atoms with Crippen molar-refractivity contribution in [1.82, 2.24) is 10.6 Å². The summed E-state index contributed by atoms with van der Waals surface area (Å²) in [5.74, 6) is -0.284. The van der Waals surface area contributed by atoms with Gasteiger partial charge in [-0.05, 0) is 20.4 Å². The van der Waals surface area contributed by atoms with Crippen LogP contribution in [-0.4, -0.2) is 45.0 Å². The van der Waals surface area contributed by atoms with E-state index >= 15 is 0 Å². The normalized spacial score (nSPS) is 14.4. The number of carbonyl (C=O) groups excluding carboxylic acids is 1. The zero-order valence-corrected chi connectivity index (χ0v) is 12.1. The first-order valence-electron chi connectivity index (χ1n) is 5.80. The van der Waals surface area contributed by atoms with Crippen molar-refractivity contribution < 1.29 is 13.2 Å². The van der Waals surface area contributed by atoms with Crippen LogP contribution in [0.25, 0.3) is 0 Å². The number of hydrogen-bond donors (Lipinski definition) is 2. The molecule has 0 radical (unpaired) electrons. The van der Waals surface area contributed by atoms with Crippen molar-refractivity contribution in [1.29, 1.82) is 0 Å². The minimum atomic E-state index is -3.17. The molecule has 0 aliphatic carbocycles. The summed E-state index contributed by atoms with van der Waals surface area (Å²) < 4.78 is 22.0. The second-order valence-corrected chi connectivity index (χ2v) is 7.61. The van der Waals surface area contributed by atoms with E-state index in [0.717, 1.165) is 6.54 Å². The molecule has 2 N–H and O–H groups in total. The lowest BCUT2D eigenvalue weighted by atomic mass is 10.1. The molecule has 5 nitrogen and oxygen atoms in total. The Hall–Kier alpha value is -0.620. The summed E-state index contributed by atoms with van der Waals surface area (Å²) >= 11 is 0. The summed E-state index contributed by atoms with van der Waals surface area (Å²) in [4.78, 5) is 11.7. The first-order chi connectivity index (χ1) is 7.62. The third-order valence-electron chi connectivity index (χ3n) is 2.84. The van der Waals surface area contributed by atoms with Gasteiger partial charge in [0.15, 0.2) is 9.84 Å². The Morgan fingerprint density at radius 1 is 1.35 bits per heavy atom. The topological polar surface area (TPSA) is 75.3 Å². The maximum absolute atomic E-state index is 11.7. The van der Waals surface area contributed by atoms with Gasteiger partial charge >= 0.3 is 0 Å². The zero-order valence-electron chi connectivity index (χ0n) is 11.3. The Morgan fingerprint density at radius 3 is 2.29 bits per heavy atom. The molecule has 1 unspecified atom stereocenters. The lowest BCUT2D eigenvalue weighted by molar-refractivity contribution is -0.124. The highest BCUT2D eigenvalue weighted by molar-refractivity contribution is 7.92. The number of sulfone groups is 1. The summed E-state index contributed by atoms with van der Waals surface area (Å²) in [7, 11) is -3.17. The van der Waals surface area contributed by atoms with Gasteiger partial charge in [-0.3, -0.25) is 4.79 Å². The molecule has 0 aliphatic rings. The third kappa shape index (κ3) is 5.50. The van der Waals surface area contributed by atoms with Crippen LogP contribution in [0.3, 0.4) is 0 Å². The SMILES string of the molecule is CCNCC(C)C(=O)NCC(C)(C)S(C)(=O)=O. The smallest absolute Gasteiger partial charge is 0.224 e. The highest BCUT2D eigenvalue weighted by Gasteiger charge is 2.30. The number of rotatable bonds is 7. The lowest BCUT2D eigenvalue weighted by Crippen LogP contribution is -2.46. The van der Waals surface area contributed by atoms with Gasteiger partial charge in [0.2, 0.25) is 5.91 Å². The molecule has 102 valence electrons. The molecule has 0 bridgehead atoms. The quantitative estimate of drug-likeness (QED) is 0.687. The second kappa shape index (κ2) is 6.35. The van der Waals surface area contributed by atoms with E-state index in [2.05, 4.69) is 10.6 Å². The van der Waals surface area contributed by atoms with Crippen LogP contribution in [0.4, 0.5) is 0 Å². The molecular weight excluding hydrogens is 240 g/mol. The van der Waals surface area contributed by atoms with Gasteiger partial charge in [-0.2, -0.15) is 0 Å². The molecule has 1 atom stereocenters. The fourth-order valence-corrected chi connectivity index (χ4v) is 1.39. The number of amides is 1. The zero-order chi connectivity index (χ0) is 13.7. The molecule has 17 heavy (non-hydrogen) atoms. The van der Waals surface area contributed by atoms with Crippen LogP contribution in [0.1, 0.15) is 27.7 Å². The van der Waals surface area contributed by atoms with Crippen molar-refractivity contribution in [3.05, 3.63) is 0 Å². The summed E-state index contributed by atoms with van der Waals surface area (Å²) in [6.07, 6.45) is 1.18. The fourth-order valence-electron chi connectivity index (χ4n) is 1.06. The minimum Gasteiger partial charge on any atom is -0.354 e. The van der Waals surface area contributed by atoms with Crippen LogP contribution in [0, 0.1) is 5.92 Å². The van der Waals surface area contributed by atoms with Gasteiger partial charge < -0.3 is 10.6 Å². The summed E-state index contributed by atoms with van der Waals surface area (Å²) in [6, 6.07) is 0. The molecule has 0 aromatic rings. The van der Waals surface area contributed by atoms with E-state index in [1.54, 1.807) is 13.8 Å². The van der Waals surface area contributed by atoms with Crippen molar-refractivity contribution in [3.63, 3.8) is 0 Å². The molecule has 0 saturated heterocycles. The van der Waals surface area contributed by atoms with E-state index in [1.165, 1.54) is 6.26 Å². The van der Waals surface area contributed by atoms with Crippen molar-refractivity contribution >= 4 is 15.7 Å². The number of nitrogens with one attached hydrogen (secondary N) is 2. The van der Waals surface area contributed by atoms with Crippen LogP contribution in [0.15, 0.2) is 0 Å². The van der Waals surface area contributed by atoms with Crippen molar-refractivity contribution in [2.24, 2.45) is 5.92 Å². The largest absolute Gasteiger partial charge is 0.354 e. The van der Waals surface area contributed by atoms with Crippen LogP contribution in [0.2, 0.25) is 0 Å². The fraction of sp³-hybridized carbons (Fsp3) is 0.909. The first-order valence-corrected chi connectivity index (χ1v) is 7.69. The van der Waals surface area contributed by atoms with Gasteiger partial charge in [0, 0.05) is 25.3 Å². The van der Waals surface area contributed by atoms with Crippen molar-refractivity contribution in [2.75, 3.05) is 25.9 Å². The van der Waals surface area contributed by atoms with E-state index in [-0.39, 0.29) is 18.4 Å². The molecule has 0 heterocycles. The summed E-state index contributed by atoms with van der Waals surface area (Å²) in [5, 5.41) is 5.76. The highest BCUT2D eigenvalue weighted by Crippen LogP contribution is 2.13. The molecule has 0 spiro atoms. The third-order valence-corrected chi connectivity index (χ3v) is 4.99. The Bertz CT molecular complexity index is 350. The second-order valence-electron chi connectivity index (χ2n) is 4.96. The highest BCUT2D eigenvalue weighted by atomic mass is 32.2. The molecular formula is C11H24N2O3S. The van der Waals surface area contributed by atoms with E-state index in [4.69, 9.17) is 0 Å². The lowest BCUT2D eigenvalue weighted by Gasteiger charge is -2.23. The van der Waals surface area contributed by atoms with Gasteiger partial charge in [-0.1, -0.05) is 13.8 Å². The number of carbonyl (C=O) groups is 1. The van der Waals surface area contributed by atoms with Gasteiger partial charge in [0.05, 0.1) is 4.75 Å². The van der Waals surface area contributed by atoms with Gasteiger partial charge in [0.1, 0.15) is 0 Å². The number of hydrogen-bond acceptors (Lipinski definition) is 4. The molecule has 0 rings (SSSR count). The predicted octanol–water partition coefficient (Wildman–Crippen LogP) is 0.171. The van der Waals surface area contributed by atoms with Crippen LogP contribution in [0.5, 0.6) is 0 Å². The molecule has 6 heteroatoms. The molecule has 0 fully saturated rings. The average molecular weight is 264 g/mol. The first kappa shape index (κ1) is 16.4. The monoisotopic (exact) mass is 264 g/mol. The Balaban J connectivity index is 4.25.